The van der Waals surface area contributed by atoms with Crippen molar-refractivity contribution in [3.8, 4) is 0 Å². The SMILES string of the molecule is ClCCC=C1CC1. The minimum atomic E-state index is 0.781. The van der Waals surface area contributed by atoms with Gasteiger partial charge in [-0.15, -0.1) is 11.6 Å². The highest BCUT2D eigenvalue weighted by molar-refractivity contribution is 6.17. The maximum atomic E-state index is 5.43. The average Bonchev–Trinajstić information content (AvgIpc) is 2.42. The second kappa shape index (κ2) is 2.37. The van der Waals surface area contributed by atoms with E-state index in [9.17, 15) is 0 Å². The maximum Gasteiger partial charge on any atom is 0.0258 e. The van der Waals surface area contributed by atoms with Crippen molar-refractivity contribution in [1.29, 1.82) is 0 Å². The predicted molar refractivity (Wildman–Crippen MR) is 32.7 cm³/mol. The second-order valence-corrected chi connectivity index (χ2v) is 2.22. The molecule has 0 radical (unpaired) electrons. The molecule has 1 aliphatic rings. The van der Waals surface area contributed by atoms with Crippen LogP contribution in [0.4, 0.5) is 0 Å². The Balaban J connectivity index is 2.07. The van der Waals surface area contributed by atoms with E-state index in [1.807, 2.05) is 0 Å². The van der Waals surface area contributed by atoms with Gasteiger partial charge in [-0.3, -0.25) is 0 Å². The minimum Gasteiger partial charge on any atom is -0.126 e. The quantitative estimate of drug-likeness (QED) is 0.384. The summed E-state index contributed by atoms with van der Waals surface area (Å²) in [5, 5.41) is 0. The van der Waals surface area contributed by atoms with Crippen LogP contribution in [0.5, 0.6) is 0 Å². The smallest absolute Gasteiger partial charge is 0.0258 e. The number of hydrogen-bond acceptors (Lipinski definition) is 0. The van der Waals surface area contributed by atoms with E-state index in [-0.39, 0.29) is 0 Å². The molecule has 0 aromatic heterocycles. The molecule has 0 amide bonds. The van der Waals surface area contributed by atoms with Crippen molar-refractivity contribution in [1.82, 2.24) is 0 Å². The first-order valence-electron chi connectivity index (χ1n) is 2.67. The fourth-order valence-corrected chi connectivity index (χ4v) is 0.644. The van der Waals surface area contributed by atoms with Gasteiger partial charge in [-0.2, -0.15) is 0 Å². The molecular weight excluding hydrogens is 108 g/mol. The lowest BCUT2D eigenvalue weighted by molar-refractivity contribution is 1.22. The zero-order valence-corrected chi connectivity index (χ0v) is 5.04. The largest absolute Gasteiger partial charge is 0.126 e. The van der Waals surface area contributed by atoms with E-state index < -0.39 is 0 Å². The van der Waals surface area contributed by atoms with Crippen molar-refractivity contribution in [2.45, 2.75) is 19.3 Å². The summed E-state index contributed by atoms with van der Waals surface area (Å²) in [4.78, 5) is 0. The summed E-state index contributed by atoms with van der Waals surface area (Å²) < 4.78 is 0. The van der Waals surface area contributed by atoms with Crippen LogP contribution in [0, 0.1) is 0 Å². The summed E-state index contributed by atoms with van der Waals surface area (Å²) in [6.45, 7) is 0. The molecule has 0 N–H and O–H groups in total. The number of allylic oxidation sites excluding steroid dienone is 2. The molecule has 0 aliphatic heterocycles. The van der Waals surface area contributed by atoms with Gasteiger partial charge in [0.15, 0.2) is 0 Å². The Morgan fingerprint density at radius 3 is 2.71 bits per heavy atom. The zero-order valence-electron chi connectivity index (χ0n) is 4.28. The highest BCUT2D eigenvalue weighted by Gasteiger charge is 2.08. The first-order valence-corrected chi connectivity index (χ1v) is 3.21. The molecule has 0 aromatic carbocycles. The normalized spacial score (nSPS) is 17.0. The van der Waals surface area contributed by atoms with Gasteiger partial charge in [0.25, 0.3) is 0 Å². The zero-order chi connectivity index (χ0) is 5.11. The summed E-state index contributed by atoms with van der Waals surface area (Å²) >= 11 is 5.43. The lowest BCUT2D eigenvalue weighted by atomic mass is 10.4. The van der Waals surface area contributed by atoms with Crippen LogP contribution in [0.2, 0.25) is 0 Å². The first kappa shape index (κ1) is 5.17. The Labute approximate surface area is 49.2 Å². The van der Waals surface area contributed by atoms with Gasteiger partial charge in [0.05, 0.1) is 0 Å². The van der Waals surface area contributed by atoms with E-state index in [0.29, 0.717) is 0 Å². The van der Waals surface area contributed by atoms with Gasteiger partial charge in [0.1, 0.15) is 0 Å². The van der Waals surface area contributed by atoms with E-state index in [0.717, 1.165) is 12.3 Å². The third kappa shape index (κ3) is 1.98. The molecule has 0 nitrogen and oxygen atoms in total. The van der Waals surface area contributed by atoms with Crippen molar-refractivity contribution in [2.24, 2.45) is 0 Å². The van der Waals surface area contributed by atoms with Crippen LogP contribution in [-0.2, 0) is 0 Å². The van der Waals surface area contributed by atoms with E-state index in [1.54, 1.807) is 5.57 Å². The van der Waals surface area contributed by atoms with Gasteiger partial charge < -0.3 is 0 Å². The summed E-state index contributed by atoms with van der Waals surface area (Å²) in [7, 11) is 0. The van der Waals surface area contributed by atoms with Crippen LogP contribution in [-0.4, -0.2) is 5.88 Å². The molecule has 1 aliphatic carbocycles. The first-order chi connectivity index (χ1) is 3.43. The Hall–Kier alpha value is 0.0300. The third-order valence-corrected chi connectivity index (χ3v) is 1.30. The van der Waals surface area contributed by atoms with Crippen molar-refractivity contribution in [3.63, 3.8) is 0 Å². The summed E-state index contributed by atoms with van der Waals surface area (Å²) in [6.07, 6.45) is 5.97. The molecule has 0 atom stereocenters. The summed E-state index contributed by atoms with van der Waals surface area (Å²) in [5.41, 5.74) is 1.60. The number of hydrogen-bond donors (Lipinski definition) is 0. The number of rotatable bonds is 2. The van der Waals surface area contributed by atoms with Gasteiger partial charge >= 0.3 is 0 Å². The topological polar surface area (TPSA) is 0 Å². The maximum absolute atomic E-state index is 5.43. The van der Waals surface area contributed by atoms with Crippen molar-refractivity contribution in [3.05, 3.63) is 11.6 Å². The lowest BCUT2D eigenvalue weighted by Gasteiger charge is -1.75. The van der Waals surface area contributed by atoms with E-state index >= 15 is 0 Å². The van der Waals surface area contributed by atoms with Gasteiger partial charge in [-0.1, -0.05) is 11.6 Å². The molecule has 1 heteroatoms. The number of alkyl halides is 1. The van der Waals surface area contributed by atoms with Crippen LogP contribution in [0.25, 0.3) is 0 Å². The molecule has 1 fully saturated rings. The second-order valence-electron chi connectivity index (χ2n) is 1.84. The molecule has 0 spiro atoms. The monoisotopic (exact) mass is 116 g/mol. The molecule has 0 bridgehead atoms. The number of halogens is 1. The van der Waals surface area contributed by atoms with Crippen LogP contribution < -0.4 is 0 Å². The average molecular weight is 117 g/mol. The standard InChI is InChI=1S/C6H9Cl/c7-5-1-2-6-3-4-6/h2H,1,3-5H2. The van der Waals surface area contributed by atoms with Crippen LogP contribution in [0.15, 0.2) is 11.6 Å². The fourth-order valence-electron chi connectivity index (χ4n) is 0.535. The minimum absolute atomic E-state index is 0.781. The Morgan fingerprint density at radius 2 is 2.29 bits per heavy atom. The molecule has 40 valence electrons. The van der Waals surface area contributed by atoms with E-state index in [2.05, 4.69) is 6.08 Å². The van der Waals surface area contributed by atoms with Gasteiger partial charge in [0.2, 0.25) is 0 Å². The molecule has 0 heterocycles. The summed E-state index contributed by atoms with van der Waals surface area (Å²) in [5.74, 6) is 0.781. The van der Waals surface area contributed by atoms with Crippen molar-refractivity contribution in [2.75, 3.05) is 5.88 Å². The third-order valence-electron chi connectivity index (χ3n) is 1.08. The van der Waals surface area contributed by atoms with Crippen molar-refractivity contribution < 1.29 is 0 Å². The molecular formula is C6H9Cl. The Bertz CT molecular complexity index is 78.2. The fraction of sp³-hybridized carbons (Fsp3) is 0.667. The van der Waals surface area contributed by atoms with Crippen molar-refractivity contribution >= 4 is 11.6 Å². The highest BCUT2D eigenvalue weighted by Crippen LogP contribution is 2.27. The Kier molecular flexibility index (Phi) is 1.75. The van der Waals surface area contributed by atoms with Crippen LogP contribution >= 0.6 is 11.6 Å². The highest BCUT2D eigenvalue weighted by atomic mass is 35.5. The molecule has 0 saturated heterocycles. The molecule has 1 saturated carbocycles. The molecule has 7 heavy (non-hydrogen) atoms. The Morgan fingerprint density at radius 1 is 1.57 bits per heavy atom. The van der Waals surface area contributed by atoms with Gasteiger partial charge in [-0.25, -0.2) is 0 Å². The van der Waals surface area contributed by atoms with E-state index in [4.69, 9.17) is 11.6 Å². The molecule has 0 aromatic rings. The van der Waals surface area contributed by atoms with Gasteiger partial charge in [-0.05, 0) is 19.3 Å². The van der Waals surface area contributed by atoms with Gasteiger partial charge in [0, 0.05) is 5.88 Å². The predicted octanol–water partition coefficient (Wildman–Crippen LogP) is 2.34. The molecule has 0 unspecified atom stereocenters. The lowest BCUT2D eigenvalue weighted by Crippen LogP contribution is -1.63. The van der Waals surface area contributed by atoms with E-state index in [1.165, 1.54) is 12.8 Å². The van der Waals surface area contributed by atoms with Crippen LogP contribution in [0.1, 0.15) is 19.3 Å². The summed E-state index contributed by atoms with van der Waals surface area (Å²) in [6, 6.07) is 0. The molecule has 1 rings (SSSR count). The van der Waals surface area contributed by atoms with Crippen LogP contribution in [0.3, 0.4) is 0 Å².